The molecule has 1 aliphatic rings. The smallest absolute Gasteiger partial charge is 0.242 e. The second kappa shape index (κ2) is 5.55. The van der Waals surface area contributed by atoms with Gasteiger partial charge in [0.1, 0.15) is 4.90 Å². The van der Waals surface area contributed by atoms with Gasteiger partial charge in [-0.25, -0.2) is 21.6 Å². The molecule has 0 aromatic heterocycles. The summed E-state index contributed by atoms with van der Waals surface area (Å²) in [6.45, 7) is 1.98. The van der Waals surface area contributed by atoms with Crippen LogP contribution in [0.25, 0.3) is 0 Å². The number of sulfone groups is 1. The van der Waals surface area contributed by atoms with E-state index in [9.17, 15) is 16.8 Å². The Morgan fingerprint density at radius 3 is 2.60 bits per heavy atom. The number of hydrogen-bond acceptors (Lipinski definition) is 5. The van der Waals surface area contributed by atoms with E-state index in [4.69, 9.17) is 0 Å². The molecular formula is C12H16N2O4S2. The first-order valence-electron chi connectivity index (χ1n) is 6.10. The van der Waals surface area contributed by atoms with Gasteiger partial charge in [-0.3, -0.25) is 0 Å². The molecule has 8 heteroatoms. The lowest BCUT2D eigenvalue weighted by molar-refractivity contribution is 0.584. The van der Waals surface area contributed by atoms with Gasteiger partial charge < -0.3 is 5.32 Å². The van der Waals surface area contributed by atoms with Crippen LogP contribution in [-0.4, -0.2) is 35.2 Å². The summed E-state index contributed by atoms with van der Waals surface area (Å²) in [5.74, 6) is -0.0669. The van der Waals surface area contributed by atoms with E-state index in [0.29, 0.717) is 5.69 Å². The lowest BCUT2D eigenvalue weighted by Crippen LogP contribution is -2.26. The summed E-state index contributed by atoms with van der Waals surface area (Å²) < 4.78 is 49.3. The van der Waals surface area contributed by atoms with Crippen molar-refractivity contribution in [1.82, 2.24) is 4.72 Å². The Bertz CT molecular complexity index is 724. The van der Waals surface area contributed by atoms with Crippen molar-refractivity contribution < 1.29 is 16.8 Å². The highest BCUT2D eigenvalue weighted by molar-refractivity contribution is 7.94. The minimum Gasteiger partial charge on any atom is -0.377 e. The van der Waals surface area contributed by atoms with E-state index in [1.165, 1.54) is 12.1 Å². The first-order valence-corrected chi connectivity index (χ1v) is 9.30. The van der Waals surface area contributed by atoms with Crippen LogP contribution >= 0.6 is 0 Å². The number of anilines is 1. The zero-order chi connectivity index (χ0) is 14.8. The molecule has 1 aliphatic heterocycles. The molecular weight excluding hydrogens is 300 g/mol. The molecule has 1 aromatic carbocycles. The van der Waals surface area contributed by atoms with Gasteiger partial charge in [-0.05, 0) is 12.1 Å². The Balaban J connectivity index is 2.28. The molecule has 110 valence electrons. The molecule has 20 heavy (non-hydrogen) atoms. The Morgan fingerprint density at radius 1 is 1.30 bits per heavy atom. The summed E-state index contributed by atoms with van der Waals surface area (Å²) in [5.41, 5.74) is 0.389. The minimum absolute atomic E-state index is 0.0669. The molecule has 6 nitrogen and oxygen atoms in total. The predicted molar refractivity (Wildman–Crippen MR) is 77.6 cm³/mol. The van der Waals surface area contributed by atoms with E-state index in [0.717, 1.165) is 5.41 Å². The molecule has 0 spiro atoms. The molecule has 0 saturated heterocycles. The molecule has 0 fully saturated rings. The summed E-state index contributed by atoms with van der Waals surface area (Å²) in [7, 11) is -6.78. The van der Waals surface area contributed by atoms with Crippen LogP contribution in [-0.2, 0) is 19.9 Å². The number of para-hydroxylation sites is 1. The van der Waals surface area contributed by atoms with Crippen LogP contribution in [0, 0.1) is 0 Å². The van der Waals surface area contributed by atoms with Gasteiger partial charge in [0.25, 0.3) is 0 Å². The van der Waals surface area contributed by atoms with E-state index in [-0.39, 0.29) is 17.2 Å². The van der Waals surface area contributed by atoms with Crippen molar-refractivity contribution in [3.05, 3.63) is 35.7 Å². The zero-order valence-electron chi connectivity index (χ0n) is 10.9. The normalized spacial score (nSPS) is 20.9. The average Bonchev–Trinajstić information content (AvgIpc) is 2.69. The molecule has 1 atom stereocenters. The first-order chi connectivity index (χ1) is 9.34. The second-order valence-electron chi connectivity index (χ2n) is 4.41. The monoisotopic (exact) mass is 316 g/mol. The predicted octanol–water partition coefficient (Wildman–Crippen LogP) is 0.707. The van der Waals surface area contributed by atoms with Crippen molar-refractivity contribution in [3.63, 3.8) is 0 Å². The van der Waals surface area contributed by atoms with E-state index in [1.54, 1.807) is 25.1 Å². The number of hydrogen-bond donors (Lipinski definition) is 2. The van der Waals surface area contributed by atoms with E-state index >= 15 is 0 Å². The van der Waals surface area contributed by atoms with Crippen molar-refractivity contribution in [2.75, 3.05) is 17.6 Å². The van der Waals surface area contributed by atoms with Gasteiger partial charge >= 0.3 is 0 Å². The Morgan fingerprint density at radius 2 is 2.00 bits per heavy atom. The van der Waals surface area contributed by atoms with Crippen LogP contribution < -0.4 is 10.0 Å². The molecule has 1 unspecified atom stereocenters. The Hall–Kier alpha value is -1.38. The highest BCUT2D eigenvalue weighted by atomic mass is 32.2. The minimum atomic E-state index is -3.60. The topological polar surface area (TPSA) is 92.3 Å². The summed E-state index contributed by atoms with van der Waals surface area (Å²) >= 11 is 0. The standard InChI is InChI=1S/C12H16N2O4S2/c1-2-13-20(17,18)12-6-4-3-5-11(12)14-10-7-8-19(15,16)9-10/h3-8,10,13-14H,2,9H2,1H3. The van der Waals surface area contributed by atoms with Gasteiger partial charge in [-0.2, -0.15) is 0 Å². The van der Waals surface area contributed by atoms with Crippen LogP contribution in [0.5, 0.6) is 0 Å². The lowest BCUT2D eigenvalue weighted by atomic mass is 10.2. The highest BCUT2D eigenvalue weighted by Crippen LogP contribution is 2.23. The van der Waals surface area contributed by atoms with Crippen molar-refractivity contribution in [2.24, 2.45) is 0 Å². The van der Waals surface area contributed by atoms with Gasteiger partial charge in [0.2, 0.25) is 10.0 Å². The van der Waals surface area contributed by atoms with Crippen molar-refractivity contribution in [3.8, 4) is 0 Å². The molecule has 2 N–H and O–H groups in total. The third-order valence-electron chi connectivity index (χ3n) is 2.78. The van der Waals surface area contributed by atoms with Crippen molar-refractivity contribution >= 4 is 25.5 Å². The summed E-state index contributed by atoms with van der Waals surface area (Å²) in [4.78, 5) is 0.111. The van der Waals surface area contributed by atoms with Gasteiger partial charge in [0.15, 0.2) is 9.84 Å². The van der Waals surface area contributed by atoms with Crippen LogP contribution in [0.4, 0.5) is 5.69 Å². The molecule has 1 heterocycles. The van der Waals surface area contributed by atoms with Crippen molar-refractivity contribution in [1.29, 1.82) is 0 Å². The molecule has 1 aromatic rings. The van der Waals surface area contributed by atoms with Gasteiger partial charge in [0.05, 0.1) is 17.5 Å². The molecule has 0 saturated carbocycles. The lowest BCUT2D eigenvalue weighted by Gasteiger charge is -2.15. The number of nitrogens with one attached hydrogen (secondary N) is 2. The first kappa shape index (κ1) is 15.0. The van der Waals surface area contributed by atoms with Gasteiger partial charge in [-0.1, -0.05) is 25.1 Å². The fraction of sp³-hybridized carbons (Fsp3) is 0.333. The third-order valence-corrected chi connectivity index (χ3v) is 5.78. The SMILES string of the molecule is CCNS(=O)(=O)c1ccccc1NC1C=CS(=O)(=O)C1. The maximum atomic E-state index is 12.1. The molecule has 0 bridgehead atoms. The Labute approximate surface area is 118 Å². The van der Waals surface area contributed by atoms with Crippen LogP contribution in [0.15, 0.2) is 40.6 Å². The van der Waals surface area contributed by atoms with Crippen LogP contribution in [0.3, 0.4) is 0 Å². The highest BCUT2D eigenvalue weighted by Gasteiger charge is 2.24. The van der Waals surface area contributed by atoms with E-state index in [2.05, 4.69) is 10.0 Å². The number of benzene rings is 1. The van der Waals surface area contributed by atoms with E-state index < -0.39 is 25.9 Å². The second-order valence-corrected chi connectivity index (χ2v) is 8.07. The maximum Gasteiger partial charge on any atom is 0.242 e. The molecule has 0 amide bonds. The summed E-state index contributed by atoms with van der Waals surface area (Å²) in [5, 5.41) is 4.09. The maximum absolute atomic E-state index is 12.1. The van der Waals surface area contributed by atoms with Crippen molar-refractivity contribution in [2.45, 2.75) is 17.9 Å². The average molecular weight is 316 g/mol. The summed E-state index contributed by atoms with van der Waals surface area (Å²) in [6, 6.07) is 5.99. The summed E-state index contributed by atoms with van der Waals surface area (Å²) in [6.07, 6.45) is 1.52. The van der Waals surface area contributed by atoms with E-state index in [1.807, 2.05) is 0 Å². The van der Waals surface area contributed by atoms with Crippen LogP contribution in [0.1, 0.15) is 6.92 Å². The molecule has 2 rings (SSSR count). The zero-order valence-corrected chi connectivity index (χ0v) is 12.5. The number of sulfonamides is 1. The largest absolute Gasteiger partial charge is 0.377 e. The quantitative estimate of drug-likeness (QED) is 0.834. The Kier molecular flexibility index (Phi) is 4.17. The van der Waals surface area contributed by atoms with Gasteiger partial charge in [0, 0.05) is 12.0 Å². The molecule has 0 aliphatic carbocycles. The molecule has 0 radical (unpaired) electrons. The van der Waals surface area contributed by atoms with Crippen LogP contribution in [0.2, 0.25) is 0 Å². The fourth-order valence-corrected chi connectivity index (χ4v) is 4.40. The number of rotatable bonds is 5. The third kappa shape index (κ3) is 3.38. The van der Waals surface area contributed by atoms with Gasteiger partial charge in [-0.15, -0.1) is 0 Å². The fourth-order valence-electron chi connectivity index (χ4n) is 1.95.